The van der Waals surface area contributed by atoms with Gasteiger partial charge < -0.3 is 10.3 Å². The van der Waals surface area contributed by atoms with Crippen LogP contribution in [0.3, 0.4) is 0 Å². The Labute approximate surface area is 98.0 Å². The fourth-order valence-electron chi connectivity index (χ4n) is 1.07. The van der Waals surface area contributed by atoms with E-state index < -0.39 is 0 Å². The van der Waals surface area contributed by atoms with Gasteiger partial charge in [0.05, 0.1) is 0 Å². The van der Waals surface area contributed by atoms with Crippen LogP contribution in [0.1, 0.15) is 0 Å². The average molecular weight is 242 g/mol. The number of hydrogen-bond acceptors (Lipinski definition) is 3. The number of carbonyl (C=O) groups is 1. The molecule has 0 unspecified atom stereocenters. The molecule has 0 aliphatic rings. The maximum Gasteiger partial charge on any atom is 0.221 e. The molecule has 5 nitrogen and oxygen atoms in total. The summed E-state index contributed by atoms with van der Waals surface area (Å²) in [5, 5.41) is 4.56. The summed E-state index contributed by atoms with van der Waals surface area (Å²) in [6.45, 7) is 2.00. The number of aromatic nitrogens is 3. The lowest BCUT2D eigenvalue weighted by atomic mass is 10.2. The van der Waals surface area contributed by atoms with E-state index in [1.165, 1.54) is 0 Å². The molecule has 16 heavy (non-hydrogen) atoms. The number of carbonyl (C=O) groups excluding carboxylic acids is 1. The Morgan fingerprint density at radius 3 is 2.25 bits per heavy atom. The van der Waals surface area contributed by atoms with Crippen LogP contribution in [-0.4, -0.2) is 27.0 Å². The van der Waals surface area contributed by atoms with E-state index in [0.29, 0.717) is 11.1 Å². The highest BCUT2D eigenvalue weighted by atomic mass is 35.5. The summed E-state index contributed by atoms with van der Waals surface area (Å²) in [4.78, 5) is 12.1. The Morgan fingerprint density at radius 1 is 1.25 bits per heavy atom. The summed E-state index contributed by atoms with van der Waals surface area (Å²) in [6.07, 6.45) is 0. The van der Waals surface area contributed by atoms with Crippen LogP contribution in [0.15, 0.2) is 30.3 Å². The molecule has 0 amide bonds. The zero-order chi connectivity index (χ0) is 11.3. The van der Waals surface area contributed by atoms with Crippen molar-refractivity contribution in [3.63, 3.8) is 0 Å². The topological polar surface area (TPSA) is 79.3 Å². The average Bonchev–Trinajstić information content (AvgIpc) is 2.63. The highest BCUT2D eigenvalue weighted by molar-refractivity contribution is 6.28. The first kappa shape index (κ1) is 14.3. The normalized spacial score (nSPS) is 8.62. The molecule has 0 radical (unpaired) electrons. The van der Waals surface area contributed by atoms with Gasteiger partial charge in [-0.3, -0.25) is 0 Å². The van der Waals surface area contributed by atoms with E-state index in [-0.39, 0.29) is 5.48 Å². The summed E-state index contributed by atoms with van der Waals surface area (Å²) < 4.78 is 1.55. The maximum absolute atomic E-state index is 8.00. The minimum Gasteiger partial charge on any atom is -0.412 e. The van der Waals surface area contributed by atoms with Crippen molar-refractivity contribution < 1.29 is 10.3 Å². The Kier molecular flexibility index (Phi) is 5.99. The van der Waals surface area contributed by atoms with Gasteiger partial charge >= 0.3 is 0 Å². The predicted molar refractivity (Wildman–Crippen MR) is 62.2 cm³/mol. The Balaban J connectivity index is 0.000000711. The molecule has 0 bridgehead atoms. The summed E-state index contributed by atoms with van der Waals surface area (Å²) in [7, 11) is 1.77. The molecular formula is C10H12ClN3O2. The van der Waals surface area contributed by atoms with Crippen LogP contribution in [0.25, 0.3) is 11.4 Å². The third-order valence-corrected chi connectivity index (χ3v) is 2.07. The van der Waals surface area contributed by atoms with Gasteiger partial charge in [-0.15, -0.1) is 5.10 Å². The van der Waals surface area contributed by atoms with E-state index in [9.17, 15) is 0 Å². The fraction of sp³-hybridized carbons (Fsp3) is 0.100. The standard InChI is InChI=1S/C9H8ClN3.CH2O.H2O/c1-13-9(10)11-8(12-13)7-5-3-2-4-6-7;1-2;/h2-6H,1H3;1H2;1H2. The fourth-order valence-corrected chi connectivity index (χ4v) is 1.19. The van der Waals surface area contributed by atoms with Gasteiger partial charge in [-0.05, 0) is 11.6 Å². The van der Waals surface area contributed by atoms with Crippen LogP contribution in [0.4, 0.5) is 0 Å². The van der Waals surface area contributed by atoms with Crippen LogP contribution in [0.2, 0.25) is 5.28 Å². The number of halogens is 1. The summed E-state index contributed by atoms with van der Waals surface area (Å²) in [6, 6.07) is 9.74. The van der Waals surface area contributed by atoms with E-state index in [4.69, 9.17) is 16.4 Å². The first-order valence-electron chi connectivity index (χ1n) is 4.18. The maximum atomic E-state index is 8.00. The molecule has 0 saturated heterocycles. The molecule has 1 heterocycles. The molecule has 2 rings (SSSR count). The third kappa shape index (κ3) is 3.15. The molecule has 1 aromatic carbocycles. The summed E-state index contributed by atoms with van der Waals surface area (Å²) in [5.41, 5.74) is 0.977. The van der Waals surface area contributed by atoms with Crippen LogP contribution in [0.5, 0.6) is 0 Å². The van der Waals surface area contributed by atoms with Crippen LogP contribution in [-0.2, 0) is 11.8 Å². The summed E-state index contributed by atoms with van der Waals surface area (Å²) >= 11 is 5.77. The largest absolute Gasteiger partial charge is 0.412 e. The van der Waals surface area contributed by atoms with Gasteiger partial charge in [-0.25, -0.2) is 4.68 Å². The molecule has 0 atom stereocenters. The van der Waals surface area contributed by atoms with Crippen molar-refractivity contribution >= 4 is 18.4 Å². The highest BCUT2D eigenvalue weighted by Gasteiger charge is 2.05. The quantitative estimate of drug-likeness (QED) is 0.751. The second-order valence-electron chi connectivity index (χ2n) is 2.69. The van der Waals surface area contributed by atoms with E-state index in [2.05, 4.69) is 10.1 Å². The lowest BCUT2D eigenvalue weighted by Crippen LogP contribution is -1.89. The second kappa shape index (κ2) is 6.71. The molecule has 1 aromatic heterocycles. The molecule has 2 N–H and O–H groups in total. The number of rotatable bonds is 1. The van der Waals surface area contributed by atoms with Gasteiger partial charge in [0.2, 0.25) is 5.28 Å². The third-order valence-electron chi connectivity index (χ3n) is 1.74. The molecule has 0 saturated carbocycles. The minimum absolute atomic E-state index is 0. The molecule has 6 heteroatoms. The van der Waals surface area contributed by atoms with Crippen molar-refractivity contribution in [2.24, 2.45) is 7.05 Å². The van der Waals surface area contributed by atoms with Crippen molar-refractivity contribution in [2.45, 2.75) is 0 Å². The number of nitrogens with zero attached hydrogens (tertiary/aromatic N) is 3. The minimum atomic E-state index is 0. The smallest absolute Gasteiger partial charge is 0.221 e. The van der Waals surface area contributed by atoms with Gasteiger partial charge in [-0.2, -0.15) is 4.98 Å². The lowest BCUT2D eigenvalue weighted by Gasteiger charge is -1.91. The molecule has 86 valence electrons. The zero-order valence-corrected chi connectivity index (χ0v) is 9.48. The van der Waals surface area contributed by atoms with E-state index in [0.717, 1.165) is 5.56 Å². The van der Waals surface area contributed by atoms with Gasteiger partial charge in [0.1, 0.15) is 6.79 Å². The molecule has 0 aliphatic heterocycles. The number of hydrogen-bond donors (Lipinski definition) is 0. The first-order chi connectivity index (χ1) is 7.27. The van der Waals surface area contributed by atoms with Gasteiger partial charge in [-0.1, -0.05) is 30.3 Å². The zero-order valence-electron chi connectivity index (χ0n) is 8.72. The van der Waals surface area contributed by atoms with E-state index >= 15 is 0 Å². The molecule has 0 spiro atoms. The van der Waals surface area contributed by atoms with Crippen molar-refractivity contribution in [3.8, 4) is 11.4 Å². The van der Waals surface area contributed by atoms with Gasteiger partial charge in [0.25, 0.3) is 0 Å². The van der Waals surface area contributed by atoms with Crippen molar-refractivity contribution in [1.82, 2.24) is 14.8 Å². The van der Waals surface area contributed by atoms with Gasteiger partial charge in [0.15, 0.2) is 5.82 Å². The van der Waals surface area contributed by atoms with Crippen LogP contribution < -0.4 is 0 Å². The van der Waals surface area contributed by atoms with Gasteiger partial charge in [0, 0.05) is 12.6 Å². The predicted octanol–water partition coefficient (Wildman–Crippen LogP) is 1.13. The van der Waals surface area contributed by atoms with Crippen molar-refractivity contribution in [1.29, 1.82) is 0 Å². The summed E-state index contributed by atoms with van der Waals surface area (Å²) in [5.74, 6) is 0.660. The van der Waals surface area contributed by atoms with Crippen molar-refractivity contribution in [2.75, 3.05) is 0 Å². The Hall–Kier alpha value is -1.72. The number of aryl methyl sites for hydroxylation is 1. The molecular weight excluding hydrogens is 230 g/mol. The number of benzene rings is 1. The Bertz CT molecular complexity index is 411. The SMILES string of the molecule is C=O.Cn1nc(-c2ccccc2)nc1Cl.O. The van der Waals surface area contributed by atoms with E-state index in [1.54, 1.807) is 11.7 Å². The molecule has 2 aromatic rings. The highest BCUT2D eigenvalue weighted by Crippen LogP contribution is 2.16. The Morgan fingerprint density at radius 2 is 1.81 bits per heavy atom. The first-order valence-corrected chi connectivity index (χ1v) is 4.56. The lowest BCUT2D eigenvalue weighted by molar-refractivity contribution is -0.0979. The van der Waals surface area contributed by atoms with Crippen LogP contribution >= 0.6 is 11.6 Å². The van der Waals surface area contributed by atoms with E-state index in [1.807, 2.05) is 37.1 Å². The molecule has 0 fully saturated rings. The van der Waals surface area contributed by atoms with Crippen LogP contribution in [0, 0.1) is 0 Å². The second-order valence-corrected chi connectivity index (χ2v) is 3.03. The molecule has 0 aliphatic carbocycles. The monoisotopic (exact) mass is 241 g/mol. The van der Waals surface area contributed by atoms with Crippen molar-refractivity contribution in [3.05, 3.63) is 35.6 Å².